The molecule has 1 saturated carbocycles. The molecule has 0 aromatic heterocycles. The predicted molar refractivity (Wildman–Crippen MR) is 103 cm³/mol. The van der Waals surface area contributed by atoms with Crippen LogP contribution in [0, 0.1) is 11.8 Å². The zero-order chi connectivity index (χ0) is 19.8. The first-order valence-corrected chi connectivity index (χ1v) is 9.91. The number of ether oxygens (including phenoxy) is 2. The van der Waals surface area contributed by atoms with Crippen LogP contribution in [-0.2, 0) is 14.3 Å². The summed E-state index contributed by atoms with van der Waals surface area (Å²) in [6, 6.07) is 0. The lowest BCUT2D eigenvalue weighted by Crippen LogP contribution is -2.47. The molecule has 5 heteroatoms. The number of allylic oxidation sites excluding steroid dienone is 3. The Hall–Kier alpha value is -1.43. The molecule has 0 bridgehead atoms. The van der Waals surface area contributed by atoms with Crippen molar-refractivity contribution in [1.82, 2.24) is 0 Å². The first-order valence-electron chi connectivity index (χ1n) is 9.91. The number of methoxy groups -OCH3 is 1. The second-order valence-corrected chi connectivity index (χ2v) is 8.45. The monoisotopic (exact) mass is 376 g/mol. The molecule has 3 rings (SSSR count). The van der Waals surface area contributed by atoms with Gasteiger partial charge in [0.25, 0.3) is 0 Å². The molecule has 3 aliphatic rings. The van der Waals surface area contributed by atoms with E-state index in [4.69, 9.17) is 14.6 Å². The van der Waals surface area contributed by atoms with E-state index in [0.717, 1.165) is 24.8 Å². The fourth-order valence-electron chi connectivity index (χ4n) is 4.88. The van der Waals surface area contributed by atoms with Crippen molar-refractivity contribution in [3.05, 3.63) is 34.6 Å². The molecule has 0 amide bonds. The third-order valence-electron chi connectivity index (χ3n) is 6.64. The summed E-state index contributed by atoms with van der Waals surface area (Å²) in [5.74, 6) is 1.03. The van der Waals surface area contributed by atoms with Gasteiger partial charge in [-0.2, -0.15) is 0 Å². The zero-order valence-electron chi connectivity index (χ0n) is 16.8. The number of carbonyl (C=O) groups excluding carboxylic acids is 1. The maximum atomic E-state index is 12.8. The third-order valence-corrected chi connectivity index (χ3v) is 6.64. The van der Waals surface area contributed by atoms with Gasteiger partial charge in [-0.3, -0.25) is 4.79 Å². The number of rotatable bonds is 5. The van der Waals surface area contributed by atoms with Crippen LogP contribution in [-0.4, -0.2) is 47.5 Å². The van der Waals surface area contributed by atoms with E-state index in [1.807, 2.05) is 13.0 Å². The van der Waals surface area contributed by atoms with Gasteiger partial charge in [-0.05, 0) is 52.4 Å². The highest BCUT2D eigenvalue weighted by Gasteiger charge is 2.54. The van der Waals surface area contributed by atoms with Crippen molar-refractivity contribution in [2.75, 3.05) is 13.7 Å². The van der Waals surface area contributed by atoms with Crippen molar-refractivity contribution in [1.29, 1.82) is 0 Å². The van der Waals surface area contributed by atoms with Crippen molar-refractivity contribution < 1.29 is 24.5 Å². The Morgan fingerprint density at radius 3 is 2.78 bits per heavy atom. The van der Waals surface area contributed by atoms with E-state index in [9.17, 15) is 9.90 Å². The molecule has 2 N–H and O–H groups in total. The molecular formula is C22H32O5. The summed E-state index contributed by atoms with van der Waals surface area (Å²) in [6.07, 6.45) is 6.58. The molecule has 5 atom stereocenters. The number of fused-ring (bicyclic) bond motifs is 1. The van der Waals surface area contributed by atoms with Gasteiger partial charge in [-0.25, -0.2) is 0 Å². The summed E-state index contributed by atoms with van der Waals surface area (Å²) in [5, 5.41) is 19.6. The van der Waals surface area contributed by atoms with Crippen LogP contribution in [0.25, 0.3) is 0 Å². The second-order valence-electron chi connectivity index (χ2n) is 8.45. The molecule has 0 radical (unpaired) electrons. The molecular weight excluding hydrogens is 344 g/mol. The average Bonchev–Trinajstić information content (AvgIpc) is 2.99. The van der Waals surface area contributed by atoms with E-state index in [0.29, 0.717) is 23.7 Å². The van der Waals surface area contributed by atoms with Crippen LogP contribution >= 0.6 is 0 Å². The van der Waals surface area contributed by atoms with E-state index in [2.05, 4.69) is 19.9 Å². The van der Waals surface area contributed by atoms with Gasteiger partial charge in [0.15, 0.2) is 5.78 Å². The van der Waals surface area contributed by atoms with Crippen LogP contribution in [0.4, 0.5) is 0 Å². The largest absolute Gasteiger partial charge is 0.488 e. The second kappa shape index (κ2) is 7.90. The van der Waals surface area contributed by atoms with Gasteiger partial charge in [-0.1, -0.05) is 23.3 Å². The summed E-state index contributed by atoms with van der Waals surface area (Å²) in [5.41, 5.74) is 2.57. The fourth-order valence-corrected chi connectivity index (χ4v) is 4.88. The smallest absolute Gasteiger partial charge is 0.191 e. The van der Waals surface area contributed by atoms with E-state index < -0.39 is 12.2 Å². The van der Waals surface area contributed by atoms with Gasteiger partial charge in [0.2, 0.25) is 0 Å². The summed E-state index contributed by atoms with van der Waals surface area (Å²) in [4.78, 5) is 12.8. The van der Waals surface area contributed by atoms with E-state index in [1.54, 1.807) is 0 Å². The van der Waals surface area contributed by atoms with Crippen molar-refractivity contribution >= 4 is 5.78 Å². The van der Waals surface area contributed by atoms with Crippen molar-refractivity contribution in [3.63, 3.8) is 0 Å². The first kappa shape index (κ1) is 20.3. The Morgan fingerprint density at radius 1 is 1.37 bits per heavy atom. The molecule has 5 nitrogen and oxygen atoms in total. The summed E-state index contributed by atoms with van der Waals surface area (Å²) in [6.45, 7) is 6.28. The Balaban J connectivity index is 1.83. The third kappa shape index (κ3) is 3.78. The van der Waals surface area contributed by atoms with Gasteiger partial charge in [0, 0.05) is 25.0 Å². The first-order chi connectivity index (χ1) is 12.8. The highest BCUT2D eigenvalue weighted by atomic mass is 16.5. The maximum absolute atomic E-state index is 12.8. The molecule has 2 aliphatic carbocycles. The van der Waals surface area contributed by atoms with Gasteiger partial charge in [-0.15, -0.1) is 0 Å². The number of hydrogen-bond acceptors (Lipinski definition) is 5. The van der Waals surface area contributed by atoms with E-state index >= 15 is 0 Å². The van der Waals surface area contributed by atoms with Crippen LogP contribution in [0.5, 0.6) is 0 Å². The van der Waals surface area contributed by atoms with Crippen LogP contribution in [0.15, 0.2) is 34.6 Å². The molecule has 27 heavy (non-hydrogen) atoms. The summed E-state index contributed by atoms with van der Waals surface area (Å²) in [7, 11) is 1.52. The van der Waals surface area contributed by atoms with Gasteiger partial charge in [0.05, 0.1) is 6.61 Å². The molecule has 0 unspecified atom stereocenters. The highest BCUT2D eigenvalue weighted by molar-refractivity contribution is 6.00. The standard InChI is InChI=1S/C22H32O5/c1-13(12-23)6-5-7-14(2)15-8-9-22(3)17(15)10-16-20(25)19(26-4)11-18(24)21(16)27-22/h6-7,15,17-19,23-24H,5,8-12H2,1-4H3/b13-6+,14-7?/t15-,17-,18-,19+,22+/m0/s1. The Kier molecular flexibility index (Phi) is 5.94. The number of aliphatic hydroxyl groups is 2. The number of ketones is 1. The van der Waals surface area contributed by atoms with Gasteiger partial charge >= 0.3 is 0 Å². The molecule has 1 aliphatic heterocycles. The van der Waals surface area contributed by atoms with Crippen molar-refractivity contribution in [2.45, 2.75) is 70.7 Å². The average molecular weight is 376 g/mol. The van der Waals surface area contributed by atoms with E-state index in [1.165, 1.54) is 12.7 Å². The minimum Gasteiger partial charge on any atom is -0.488 e. The van der Waals surface area contributed by atoms with Crippen molar-refractivity contribution in [2.24, 2.45) is 11.8 Å². The zero-order valence-corrected chi connectivity index (χ0v) is 16.8. The SMILES string of the molecule is CO[C@@H]1C[C@H](O)C2=C(C[C@H]3[C@H](C(C)=CC/C=C(\C)CO)CC[C@@]3(C)O2)C1=O. The minimum absolute atomic E-state index is 0.0337. The lowest BCUT2D eigenvalue weighted by Gasteiger charge is -2.44. The highest BCUT2D eigenvalue weighted by Crippen LogP contribution is 2.54. The number of hydrogen-bond donors (Lipinski definition) is 2. The summed E-state index contributed by atoms with van der Waals surface area (Å²) < 4.78 is 11.6. The number of Topliss-reactive ketones (excluding diaryl/α,β-unsaturated/α-hetero) is 1. The Labute approximate surface area is 161 Å². The van der Waals surface area contributed by atoms with Crippen LogP contribution in [0.2, 0.25) is 0 Å². The van der Waals surface area contributed by atoms with Crippen LogP contribution in [0.1, 0.15) is 52.9 Å². The quantitative estimate of drug-likeness (QED) is 0.721. The minimum atomic E-state index is -0.761. The molecule has 0 saturated heterocycles. The lowest BCUT2D eigenvalue weighted by molar-refractivity contribution is -0.135. The van der Waals surface area contributed by atoms with E-state index in [-0.39, 0.29) is 30.3 Å². The maximum Gasteiger partial charge on any atom is 0.191 e. The normalized spacial score (nSPS) is 37.2. The molecule has 1 fully saturated rings. The molecule has 150 valence electrons. The molecule has 1 heterocycles. The Morgan fingerprint density at radius 2 is 2.11 bits per heavy atom. The predicted octanol–water partition coefficient (Wildman–Crippen LogP) is 3.07. The summed E-state index contributed by atoms with van der Waals surface area (Å²) >= 11 is 0. The molecule has 0 aromatic carbocycles. The number of carbonyl (C=O) groups is 1. The number of aliphatic hydroxyl groups excluding tert-OH is 2. The fraction of sp³-hybridized carbons (Fsp3) is 0.682. The lowest BCUT2D eigenvalue weighted by atomic mass is 9.73. The van der Waals surface area contributed by atoms with Gasteiger partial charge < -0.3 is 19.7 Å². The van der Waals surface area contributed by atoms with Crippen molar-refractivity contribution in [3.8, 4) is 0 Å². The topological polar surface area (TPSA) is 76.0 Å². The van der Waals surface area contributed by atoms with Crippen LogP contribution in [0.3, 0.4) is 0 Å². The molecule has 0 spiro atoms. The molecule has 0 aromatic rings. The van der Waals surface area contributed by atoms with Gasteiger partial charge in [0.1, 0.15) is 23.6 Å². The Bertz CT molecular complexity index is 689. The van der Waals surface area contributed by atoms with Crippen LogP contribution < -0.4 is 0 Å².